The van der Waals surface area contributed by atoms with E-state index >= 15 is 0 Å². The van der Waals surface area contributed by atoms with E-state index in [1.165, 1.54) is 35.6 Å². The van der Waals surface area contributed by atoms with Crippen LogP contribution in [0.3, 0.4) is 0 Å². The van der Waals surface area contributed by atoms with Gasteiger partial charge >= 0.3 is 0 Å². The summed E-state index contributed by atoms with van der Waals surface area (Å²) in [7, 11) is 0. The van der Waals surface area contributed by atoms with Gasteiger partial charge < -0.3 is 15.2 Å². The molecule has 3 aromatic rings. The summed E-state index contributed by atoms with van der Waals surface area (Å²) >= 11 is 0. The third-order valence-electron chi connectivity index (χ3n) is 5.21. The van der Waals surface area contributed by atoms with Crippen LogP contribution >= 0.6 is 0 Å². The third kappa shape index (κ3) is 3.62. The van der Waals surface area contributed by atoms with Crippen molar-refractivity contribution in [2.24, 2.45) is 5.92 Å². The molecule has 0 aliphatic carbocycles. The fraction of sp³-hybridized carbons (Fsp3) is 0.474. The van der Waals surface area contributed by atoms with Gasteiger partial charge in [-0.05, 0) is 56.5 Å². The summed E-state index contributed by atoms with van der Waals surface area (Å²) in [6, 6.07) is 3.96. The molecule has 0 bridgehead atoms. The topological polar surface area (TPSA) is 95.4 Å². The van der Waals surface area contributed by atoms with Crippen molar-refractivity contribution >= 4 is 22.5 Å². The lowest BCUT2D eigenvalue weighted by molar-refractivity contribution is 0.0946. The van der Waals surface area contributed by atoms with Crippen molar-refractivity contribution in [3.8, 4) is 0 Å². The summed E-state index contributed by atoms with van der Waals surface area (Å²) in [6.07, 6.45) is 3.33. The van der Waals surface area contributed by atoms with Crippen LogP contribution in [0.2, 0.25) is 0 Å². The van der Waals surface area contributed by atoms with Crippen LogP contribution in [0.1, 0.15) is 36.7 Å². The Kier molecular flexibility index (Phi) is 5.08. The van der Waals surface area contributed by atoms with Crippen LogP contribution in [0, 0.1) is 11.7 Å². The fourth-order valence-corrected chi connectivity index (χ4v) is 3.86. The molecule has 8 nitrogen and oxygen atoms in total. The molecule has 9 heteroatoms. The number of H-pyrrole nitrogens is 1. The molecule has 4 rings (SSSR count). The first kappa shape index (κ1) is 18.5. The highest BCUT2D eigenvalue weighted by atomic mass is 19.1. The molecule has 28 heavy (non-hydrogen) atoms. The highest BCUT2D eigenvalue weighted by molar-refractivity contribution is 5.99. The number of piperidine rings is 1. The number of rotatable bonds is 5. The lowest BCUT2D eigenvalue weighted by atomic mass is 10.0. The molecular formula is C19H23FN6O2. The molecule has 1 amide bonds. The Hall–Kier alpha value is -2.81. The van der Waals surface area contributed by atoms with E-state index in [2.05, 4.69) is 32.4 Å². The van der Waals surface area contributed by atoms with Crippen LogP contribution in [-0.2, 0) is 0 Å². The van der Waals surface area contributed by atoms with Gasteiger partial charge in [-0.25, -0.2) is 8.91 Å². The van der Waals surface area contributed by atoms with Gasteiger partial charge in [0.2, 0.25) is 0 Å². The molecule has 0 spiro atoms. The average molecular weight is 386 g/mol. The second-order valence-electron chi connectivity index (χ2n) is 7.47. The molecule has 2 aromatic heterocycles. The minimum atomic E-state index is -0.532. The SMILES string of the molecule is CC1CCCN(CCCNC(=O)c2nnn3c2c(=O)[nH]c2cc(F)ccc23)C1. The summed E-state index contributed by atoms with van der Waals surface area (Å²) in [6.45, 7) is 5.91. The van der Waals surface area contributed by atoms with Crippen molar-refractivity contribution < 1.29 is 9.18 Å². The lowest BCUT2D eigenvalue weighted by Gasteiger charge is -2.30. The maximum absolute atomic E-state index is 13.4. The van der Waals surface area contributed by atoms with Gasteiger partial charge in [0.15, 0.2) is 11.2 Å². The summed E-state index contributed by atoms with van der Waals surface area (Å²) in [4.78, 5) is 29.9. The molecule has 0 radical (unpaired) electrons. The van der Waals surface area contributed by atoms with Crippen LogP contribution in [0.15, 0.2) is 23.0 Å². The van der Waals surface area contributed by atoms with Crippen LogP contribution < -0.4 is 10.9 Å². The first-order valence-electron chi connectivity index (χ1n) is 9.60. The minimum absolute atomic E-state index is 0.0286. The van der Waals surface area contributed by atoms with Crippen molar-refractivity contribution in [3.05, 3.63) is 40.1 Å². The number of halogens is 1. The Bertz CT molecular complexity index is 1080. The number of nitrogens with one attached hydrogen (secondary N) is 2. The van der Waals surface area contributed by atoms with Gasteiger partial charge in [-0.2, -0.15) is 0 Å². The van der Waals surface area contributed by atoms with E-state index in [4.69, 9.17) is 0 Å². The van der Waals surface area contributed by atoms with Crippen LogP contribution in [0.25, 0.3) is 16.6 Å². The zero-order chi connectivity index (χ0) is 19.7. The molecule has 1 aromatic carbocycles. The second kappa shape index (κ2) is 7.67. The number of carbonyl (C=O) groups is 1. The molecule has 1 unspecified atom stereocenters. The Labute approximate surface area is 160 Å². The molecular weight excluding hydrogens is 363 g/mol. The van der Waals surface area contributed by atoms with Gasteiger partial charge in [0.05, 0.1) is 11.0 Å². The normalized spacial score (nSPS) is 18.0. The van der Waals surface area contributed by atoms with Gasteiger partial charge in [0.25, 0.3) is 11.5 Å². The number of carbonyl (C=O) groups excluding carboxylic acids is 1. The summed E-state index contributed by atoms with van der Waals surface area (Å²) in [5.41, 5.74) is 0.267. The van der Waals surface area contributed by atoms with Gasteiger partial charge in [0, 0.05) is 13.1 Å². The molecule has 1 aliphatic rings. The van der Waals surface area contributed by atoms with Crippen LogP contribution in [0.5, 0.6) is 0 Å². The van der Waals surface area contributed by atoms with Crippen molar-refractivity contribution in [3.63, 3.8) is 0 Å². The maximum Gasteiger partial charge on any atom is 0.277 e. The molecule has 2 N–H and O–H groups in total. The molecule has 0 saturated carbocycles. The first-order chi connectivity index (χ1) is 13.5. The van der Waals surface area contributed by atoms with Crippen molar-refractivity contribution in [2.75, 3.05) is 26.2 Å². The van der Waals surface area contributed by atoms with E-state index in [0.29, 0.717) is 17.6 Å². The number of aromatic nitrogens is 4. The second-order valence-corrected chi connectivity index (χ2v) is 7.47. The van der Waals surface area contributed by atoms with Gasteiger partial charge in [-0.15, -0.1) is 5.10 Å². The Morgan fingerprint density at radius 3 is 3.11 bits per heavy atom. The van der Waals surface area contributed by atoms with Crippen molar-refractivity contribution in [1.82, 2.24) is 30.0 Å². The standard InChI is InChI=1S/C19H23FN6O2/c1-12-4-2-8-25(11-12)9-3-7-21-18(27)16-17-19(28)22-14-10-13(20)5-6-15(14)26(17)24-23-16/h5-6,10,12H,2-4,7-9,11H2,1H3,(H,21,27)(H,22,28). The van der Waals surface area contributed by atoms with Crippen LogP contribution in [0.4, 0.5) is 4.39 Å². The summed E-state index contributed by atoms with van der Waals surface area (Å²) in [5.74, 6) is -0.181. The fourth-order valence-electron chi connectivity index (χ4n) is 3.86. The largest absolute Gasteiger partial charge is 0.351 e. The van der Waals surface area contributed by atoms with E-state index in [9.17, 15) is 14.0 Å². The molecule has 1 atom stereocenters. The monoisotopic (exact) mass is 386 g/mol. The van der Waals surface area contributed by atoms with E-state index in [1.54, 1.807) is 0 Å². The summed E-state index contributed by atoms with van der Waals surface area (Å²) in [5, 5.41) is 10.6. The predicted octanol–water partition coefficient (Wildman–Crippen LogP) is 1.56. The Morgan fingerprint density at radius 2 is 2.29 bits per heavy atom. The van der Waals surface area contributed by atoms with E-state index in [-0.39, 0.29) is 11.2 Å². The first-order valence-corrected chi connectivity index (χ1v) is 9.60. The molecule has 1 aliphatic heterocycles. The third-order valence-corrected chi connectivity index (χ3v) is 5.21. The van der Waals surface area contributed by atoms with Crippen molar-refractivity contribution in [1.29, 1.82) is 0 Å². The number of hydrogen-bond acceptors (Lipinski definition) is 5. The van der Waals surface area contributed by atoms with Gasteiger partial charge in [-0.1, -0.05) is 12.1 Å². The Morgan fingerprint density at radius 1 is 1.43 bits per heavy atom. The number of hydrogen-bond donors (Lipinski definition) is 2. The van der Waals surface area contributed by atoms with Gasteiger partial charge in [0.1, 0.15) is 5.82 Å². The Balaban J connectivity index is 1.46. The number of aromatic amines is 1. The smallest absolute Gasteiger partial charge is 0.277 e. The zero-order valence-corrected chi connectivity index (χ0v) is 15.7. The maximum atomic E-state index is 13.4. The van der Waals surface area contributed by atoms with Crippen molar-refractivity contribution in [2.45, 2.75) is 26.2 Å². The number of amides is 1. The molecule has 148 valence electrons. The molecule has 3 heterocycles. The highest BCUT2D eigenvalue weighted by Gasteiger charge is 2.20. The zero-order valence-electron chi connectivity index (χ0n) is 15.7. The number of nitrogens with zero attached hydrogens (tertiary/aromatic N) is 4. The van der Waals surface area contributed by atoms with E-state index in [1.807, 2.05) is 0 Å². The number of likely N-dealkylation sites (tertiary alicyclic amines) is 1. The summed E-state index contributed by atoms with van der Waals surface area (Å²) < 4.78 is 14.7. The number of benzene rings is 1. The average Bonchev–Trinajstić information content (AvgIpc) is 3.11. The molecule has 1 saturated heterocycles. The number of fused-ring (bicyclic) bond motifs is 3. The van der Waals surface area contributed by atoms with Crippen LogP contribution in [-0.4, -0.2) is 56.8 Å². The molecule has 1 fully saturated rings. The van der Waals surface area contributed by atoms with Gasteiger partial charge in [-0.3, -0.25) is 9.59 Å². The lowest BCUT2D eigenvalue weighted by Crippen LogP contribution is -2.36. The highest BCUT2D eigenvalue weighted by Crippen LogP contribution is 2.16. The van der Waals surface area contributed by atoms with E-state index < -0.39 is 17.3 Å². The minimum Gasteiger partial charge on any atom is -0.351 e. The quantitative estimate of drug-likeness (QED) is 0.649. The predicted molar refractivity (Wildman–Crippen MR) is 103 cm³/mol. The van der Waals surface area contributed by atoms with E-state index in [0.717, 1.165) is 32.0 Å².